The Hall–Kier alpha value is -0.630. The number of halogens is 3. The van der Waals surface area contributed by atoms with Gasteiger partial charge in [-0.25, -0.2) is 8.78 Å². The topological polar surface area (TPSA) is 0 Å². The summed E-state index contributed by atoms with van der Waals surface area (Å²) in [6, 6.07) is 3.68. The lowest BCUT2D eigenvalue weighted by atomic mass is 9.94. The average Bonchev–Trinajstić information content (AvgIpc) is 2.85. The van der Waals surface area contributed by atoms with Gasteiger partial charge in [0.15, 0.2) is 0 Å². The van der Waals surface area contributed by atoms with Crippen molar-refractivity contribution in [2.75, 3.05) is 0 Å². The number of benzene rings is 1. The lowest BCUT2D eigenvalue weighted by Gasteiger charge is -2.19. The molecule has 0 aromatic heterocycles. The van der Waals surface area contributed by atoms with E-state index in [1.54, 1.807) is 0 Å². The minimum absolute atomic E-state index is 0.298. The molecule has 3 unspecified atom stereocenters. The largest absolute Gasteiger partial charge is 0.207 e. The number of rotatable bonds is 2. The molecule has 0 saturated heterocycles. The second-order valence-corrected chi connectivity index (χ2v) is 5.53. The first-order valence-corrected chi connectivity index (χ1v) is 6.18. The Kier molecular flexibility index (Phi) is 2.43. The molecule has 2 saturated carbocycles. The summed E-state index contributed by atoms with van der Waals surface area (Å²) in [5.41, 5.74) is 0.453. The highest BCUT2D eigenvalue weighted by molar-refractivity contribution is 6.21. The fraction of sp³-hybridized carbons (Fsp3) is 0.538. The number of alkyl halides is 1. The van der Waals surface area contributed by atoms with Crippen molar-refractivity contribution in [2.24, 2.45) is 17.8 Å². The van der Waals surface area contributed by atoms with Crippen molar-refractivity contribution in [3.63, 3.8) is 0 Å². The van der Waals surface area contributed by atoms with E-state index in [2.05, 4.69) is 0 Å². The highest BCUT2D eigenvalue weighted by Crippen LogP contribution is 2.58. The van der Waals surface area contributed by atoms with Crippen LogP contribution in [-0.4, -0.2) is 0 Å². The summed E-state index contributed by atoms with van der Waals surface area (Å²) in [6.07, 6.45) is 3.54. The van der Waals surface area contributed by atoms with E-state index in [0.717, 1.165) is 30.7 Å². The van der Waals surface area contributed by atoms with Gasteiger partial charge in [-0.05, 0) is 43.1 Å². The predicted molar refractivity (Wildman–Crippen MR) is 59.3 cm³/mol. The van der Waals surface area contributed by atoms with E-state index in [0.29, 0.717) is 11.5 Å². The molecule has 3 rings (SSSR count). The van der Waals surface area contributed by atoms with Gasteiger partial charge in [0.1, 0.15) is 11.6 Å². The quantitative estimate of drug-likeness (QED) is 0.679. The molecule has 0 N–H and O–H groups in total. The fourth-order valence-corrected chi connectivity index (χ4v) is 3.36. The fourth-order valence-electron chi connectivity index (χ4n) is 2.98. The van der Waals surface area contributed by atoms with Crippen LogP contribution in [-0.2, 0) is 0 Å². The van der Waals surface area contributed by atoms with Gasteiger partial charge < -0.3 is 0 Å². The Morgan fingerprint density at radius 2 is 1.81 bits per heavy atom. The van der Waals surface area contributed by atoms with Crippen molar-refractivity contribution in [3.05, 3.63) is 35.4 Å². The highest BCUT2D eigenvalue weighted by atomic mass is 35.5. The summed E-state index contributed by atoms with van der Waals surface area (Å²) < 4.78 is 26.3. The SMILES string of the molecule is Fc1ccc(C(Cl)C2CC3CC3C2)c(F)c1. The smallest absolute Gasteiger partial charge is 0.130 e. The second-order valence-electron chi connectivity index (χ2n) is 5.05. The Balaban J connectivity index is 1.80. The van der Waals surface area contributed by atoms with Crippen LogP contribution in [0.15, 0.2) is 18.2 Å². The van der Waals surface area contributed by atoms with Crippen LogP contribution in [0.4, 0.5) is 8.78 Å². The van der Waals surface area contributed by atoms with Crippen molar-refractivity contribution < 1.29 is 8.78 Å². The van der Waals surface area contributed by atoms with Crippen molar-refractivity contribution in [1.29, 1.82) is 0 Å². The Bertz CT molecular complexity index is 408. The molecule has 0 radical (unpaired) electrons. The maximum atomic E-state index is 13.5. The number of fused-ring (bicyclic) bond motifs is 1. The van der Waals surface area contributed by atoms with E-state index in [4.69, 9.17) is 11.6 Å². The summed E-state index contributed by atoms with van der Waals surface area (Å²) in [5, 5.41) is -0.298. The molecule has 0 aliphatic heterocycles. The molecule has 3 heteroatoms. The molecule has 0 heterocycles. The molecule has 1 aromatic rings. The van der Waals surface area contributed by atoms with Crippen LogP contribution >= 0.6 is 11.6 Å². The highest BCUT2D eigenvalue weighted by Gasteiger charge is 2.48. The summed E-state index contributed by atoms with van der Waals surface area (Å²) in [7, 11) is 0. The van der Waals surface area contributed by atoms with Gasteiger partial charge in [-0.2, -0.15) is 0 Å². The van der Waals surface area contributed by atoms with Crippen LogP contribution in [0.25, 0.3) is 0 Å². The van der Waals surface area contributed by atoms with Crippen molar-refractivity contribution in [3.8, 4) is 0 Å². The number of hydrogen-bond donors (Lipinski definition) is 0. The zero-order valence-electron chi connectivity index (χ0n) is 8.80. The van der Waals surface area contributed by atoms with Crippen LogP contribution < -0.4 is 0 Å². The lowest BCUT2D eigenvalue weighted by Crippen LogP contribution is -2.08. The molecule has 1 aromatic carbocycles. The first kappa shape index (κ1) is 10.5. The Morgan fingerprint density at radius 3 is 2.44 bits per heavy atom. The van der Waals surface area contributed by atoms with E-state index in [-0.39, 0.29) is 5.38 Å². The van der Waals surface area contributed by atoms with Gasteiger partial charge in [0.2, 0.25) is 0 Å². The molecule has 2 fully saturated rings. The van der Waals surface area contributed by atoms with Crippen molar-refractivity contribution in [1.82, 2.24) is 0 Å². The van der Waals surface area contributed by atoms with Gasteiger partial charge >= 0.3 is 0 Å². The lowest BCUT2D eigenvalue weighted by molar-refractivity contribution is 0.457. The summed E-state index contributed by atoms with van der Waals surface area (Å²) in [5.74, 6) is 0.967. The molecule has 0 bridgehead atoms. The maximum absolute atomic E-state index is 13.5. The summed E-state index contributed by atoms with van der Waals surface area (Å²) >= 11 is 6.29. The molecule has 3 atom stereocenters. The molecule has 0 spiro atoms. The van der Waals surface area contributed by atoms with Crippen molar-refractivity contribution >= 4 is 11.6 Å². The van der Waals surface area contributed by atoms with Crippen LogP contribution in [0, 0.1) is 29.4 Å². The molecule has 2 aliphatic rings. The molecule has 2 aliphatic carbocycles. The molecular weight excluding hydrogens is 230 g/mol. The minimum Gasteiger partial charge on any atom is -0.207 e. The van der Waals surface area contributed by atoms with E-state index in [1.165, 1.54) is 18.6 Å². The van der Waals surface area contributed by atoms with Gasteiger partial charge in [0.05, 0.1) is 5.38 Å². The molecule has 16 heavy (non-hydrogen) atoms. The third kappa shape index (κ3) is 1.73. The standard InChI is InChI=1S/C13H13ClF2/c14-13(9-4-7-3-8(7)5-9)11-2-1-10(15)6-12(11)16/h1-2,6-9,13H,3-5H2. The summed E-state index contributed by atoms with van der Waals surface area (Å²) in [6.45, 7) is 0. The zero-order valence-corrected chi connectivity index (χ0v) is 9.55. The molecule has 0 nitrogen and oxygen atoms in total. The number of hydrogen-bond acceptors (Lipinski definition) is 0. The van der Waals surface area contributed by atoms with Crippen LogP contribution in [0.1, 0.15) is 30.2 Å². The minimum atomic E-state index is -0.542. The van der Waals surface area contributed by atoms with Crippen LogP contribution in [0.2, 0.25) is 0 Å². The van der Waals surface area contributed by atoms with E-state index in [1.807, 2.05) is 0 Å². The summed E-state index contributed by atoms with van der Waals surface area (Å²) in [4.78, 5) is 0. The maximum Gasteiger partial charge on any atom is 0.130 e. The normalized spacial score (nSPS) is 33.6. The van der Waals surface area contributed by atoms with Gasteiger partial charge in [-0.15, -0.1) is 11.6 Å². The second kappa shape index (κ2) is 3.69. The zero-order chi connectivity index (χ0) is 11.3. The monoisotopic (exact) mass is 242 g/mol. The van der Waals surface area contributed by atoms with E-state index < -0.39 is 11.6 Å². The van der Waals surface area contributed by atoms with Crippen LogP contribution in [0.3, 0.4) is 0 Å². The first-order chi connectivity index (χ1) is 7.65. The van der Waals surface area contributed by atoms with Crippen molar-refractivity contribution in [2.45, 2.75) is 24.6 Å². The van der Waals surface area contributed by atoms with E-state index >= 15 is 0 Å². The van der Waals surface area contributed by atoms with Gasteiger partial charge in [0.25, 0.3) is 0 Å². The van der Waals surface area contributed by atoms with Crippen LogP contribution in [0.5, 0.6) is 0 Å². The molecular formula is C13H13ClF2. The van der Waals surface area contributed by atoms with Gasteiger partial charge in [-0.3, -0.25) is 0 Å². The van der Waals surface area contributed by atoms with Gasteiger partial charge in [0, 0.05) is 11.6 Å². The van der Waals surface area contributed by atoms with E-state index in [9.17, 15) is 8.78 Å². The molecule has 86 valence electrons. The Morgan fingerprint density at radius 1 is 1.12 bits per heavy atom. The predicted octanol–water partition coefficient (Wildman–Crippen LogP) is 4.29. The van der Waals surface area contributed by atoms with Gasteiger partial charge in [-0.1, -0.05) is 6.07 Å². The first-order valence-electron chi connectivity index (χ1n) is 5.74. The third-order valence-electron chi connectivity index (χ3n) is 3.95. The molecule has 0 amide bonds. The Labute approximate surface area is 98.6 Å². The third-order valence-corrected chi connectivity index (χ3v) is 4.54. The average molecular weight is 243 g/mol.